The Labute approximate surface area is 177 Å². The molecule has 4 rings (SSSR count). The van der Waals surface area contributed by atoms with Gasteiger partial charge < -0.3 is 15.4 Å². The van der Waals surface area contributed by atoms with E-state index < -0.39 is 0 Å². The molecule has 2 aromatic carbocycles. The second-order valence-corrected chi connectivity index (χ2v) is 6.74. The van der Waals surface area contributed by atoms with Crippen LogP contribution in [0.5, 0.6) is 11.6 Å². The predicted molar refractivity (Wildman–Crippen MR) is 115 cm³/mol. The van der Waals surface area contributed by atoms with Gasteiger partial charge in [0.15, 0.2) is 5.82 Å². The summed E-state index contributed by atoms with van der Waals surface area (Å²) >= 11 is 6.08. The van der Waals surface area contributed by atoms with Gasteiger partial charge in [0.05, 0.1) is 0 Å². The van der Waals surface area contributed by atoms with Crippen molar-refractivity contribution in [2.24, 2.45) is 0 Å². The predicted octanol–water partition coefficient (Wildman–Crippen LogP) is 5.06. The van der Waals surface area contributed by atoms with Crippen LogP contribution in [0.2, 0.25) is 5.02 Å². The Bertz CT molecular complexity index is 1160. The summed E-state index contributed by atoms with van der Waals surface area (Å²) in [5.74, 6) is 1.54. The van der Waals surface area contributed by atoms with E-state index in [1.54, 1.807) is 65.6 Å². The number of benzene rings is 2. The monoisotopic (exact) mass is 420 g/mol. The molecule has 0 aliphatic carbocycles. The van der Waals surface area contributed by atoms with Gasteiger partial charge in [0, 0.05) is 34.9 Å². The van der Waals surface area contributed by atoms with Gasteiger partial charge in [-0.3, -0.25) is 0 Å². The first kappa shape index (κ1) is 19.4. The molecule has 0 saturated carbocycles. The number of carbonyl (C=O) groups is 1. The zero-order valence-corrected chi connectivity index (χ0v) is 16.7. The number of ether oxygens (including phenoxy) is 1. The Morgan fingerprint density at radius 2 is 1.80 bits per heavy atom. The first-order chi connectivity index (χ1) is 14.6. The highest BCUT2D eigenvalue weighted by atomic mass is 35.5. The first-order valence-corrected chi connectivity index (χ1v) is 9.39. The van der Waals surface area contributed by atoms with Crippen LogP contribution >= 0.6 is 11.6 Å². The van der Waals surface area contributed by atoms with E-state index in [4.69, 9.17) is 16.3 Å². The van der Waals surface area contributed by atoms with Crippen LogP contribution in [0.4, 0.5) is 16.2 Å². The van der Waals surface area contributed by atoms with E-state index in [0.717, 1.165) is 5.56 Å². The smallest absolute Gasteiger partial charge is 0.323 e. The second-order valence-electron chi connectivity index (χ2n) is 6.33. The van der Waals surface area contributed by atoms with E-state index in [1.807, 2.05) is 13.0 Å². The minimum Gasteiger partial charge on any atom is -0.439 e. The van der Waals surface area contributed by atoms with Crippen molar-refractivity contribution >= 4 is 29.0 Å². The maximum Gasteiger partial charge on any atom is 0.323 e. The molecular weight excluding hydrogens is 404 g/mol. The minimum absolute atomic E-state index is 0.372. The summed E-state index contributed by atoms with van der Waals surface area (Å²) in [6.07, 6.45) is 4.85. The fraction of sp³-hybridized carbons (Fsp3) is 0.0476. The third kappa shape index (κ3) is 4.73. The maximum atomic E-state index is 12.2. The summed E-state index contributed by atoms with van der Waals surface area (Å²) < 4.78 is 7.37. The van der Waals surface area contributed by atoms with Gasteiger partial charge in [-0.1, -0.05) is 17.7 Å². The summed E-state index contributed by atoms with van der Waals surface area (Å²) in [6, 6.07) is 15.4. The van der Waals surface area contributed by atoms with Crippen LogP contribution in [0.25, 0.3) is 5.82 Å². The van der Waals surface area contributed by atoms with E-state index in [1.165, 1.54) is 6.33 Å². The van der Waals surface area contributed by atoms with E-state index in [0.29, 0.717) is 33.8 Å². The topological polar surface area (TPSA) is 94.0 Å². The molecule has 0 aliphatic heterocycles. The molecule has 0 spiro atoms. The van der Waals surface area contributed by atoms with E-state index >= 15 is 0 Å². The Balaban J connectivity index is 1.37. The fourth-order valence-corrected chi connectivity index (χ4v) is 2.79. The van der Waals surface area contributed by atoms with Crippen molar-refractivity contribution < 1.29 is 9.53 Å². The Kier molecular flexibility index (Phi) is 5.58. The molecule has 4 aromatic rings. The number of carbonyl (C=O) groups excluding carboxylic acids is 1. The van der Waals surface area contributed by atoms with Crippen LogP contribution in [-0.4, -0.2) is 25.8 Å². The molecule has 0 radical (unpaired) electrons. The third-order valence-electron chi connectivity index (χ3n) is 4.13. The van der Waals surface area contributed by atoms with Gasteiger partial charge in [-0.2, -0.15) is 5.10 Å². The lowest BCUT2D eigenvalue weighted by Crippen LogP contribution is -2.19. The molecule has 2 amide bonds. The Morgan fingerprint density at radius 1 is 1.03 bits per heavy atom. The van der Waals surface area contributed by atoms with Crippen LogP contribution in [0, 0.1) is 6.92 Å². The lowest BCUT2D eigenvalue weighted by molar-refractivity contribution is 0.262. The summed E-state index contributed by atoms with van der Waals surface area (Å²) in [6.45, 7) is 1.90. The van der Waals surface area contributed by atoms with Crippen LogP contribution in [0.3, 0.4) is 0 Å². The van der Waals surface area contributed by atoms with Crippen LogP contribution in [-0.2, 0) is 0 Å². The quantitative estimate of drug-likeness (QED) is 0.470. The van der Waals surface area contributed by atoms with Gasteiger partial charge in [-0.05, 0) is 55.0 Å². The van der Waals surface area contributed by atoms with E-state index in [2.05, 4.69) is 25.7 Å². The van der Waals surface area contributed by atoms with Gasteiger partial charge in [0.1, 0.15) is 12.1 Å². The summed E-state index contributed by atoms with van der Waals surface area (Å²) in [5.41, 5.74) is 2.16. The second kappa shape index (κ2) is 8.62. The standard InChI is InChI=1S/C21H17ClN6O2/c1-14-3-4-16(11-18(14)22)27-21(29)26-15-5-7-17(8-6-15)30-20-12-19(23-13-24-20)28-10-2-9-25-28/h2-13H,1H3,(H2,26,27,29). The van der Waals surface area contributed by atoms with Gasteiger partial charge >= 0.3 is 6.03 Å². The average molecular weight is 421 g/mol. The van der Waals surface area contributed by atoms with Crippen LogP contribution < -0.4 is 15.4 Å². The molecule has 2 heterocycles. The number of aromatic nitrogens is 4. The average Bonchev–Trinajstić information content (AvgIpc) is 3.27. The van der Waals surface area contributed by atoms with Gasteiger partial charge in [0.25, 0.3) is 0 Å². The fourth-order valence-electron chi connectivity index (χ4n) is 2.61. The number of rotatable bonds is 5. The van der Waals surface area contributed by atoms with Crippen molar-refractivity contribution in [3.8, 4) is 17.4 Å². The molecule has 0 atom stereocenters. The number of halogens is 1. The SMILES string of the molecule is Cc1ccc(NC(=O)Nc2ccc(Oc3cc(-n4cccn4)ncn3)cc2)cc1Cl. The highest BCUT2D eigenvalue weighted by molar-refractivity contribution is 6.31. The van der Waals surface area contributed by atoms with E-state index in [9.17, 15) is 4.79 Å². The van der Waals surface area contributed by atoms with Gasteiger partial charge in [-0.15, -0.1) is 0 Å². The number of urea groups is 1. The first-order valence-electron chi connectivity index (χ1n) is 9.01. The molecule has 2 aromatic heterocycles. The molecule has 8 nitrogen and oxygen atoms in total. The molecule has 0 aliphatic rings. The lowest BCUT2D eigenvalue weighted by Gasteiger charge is -2.10. The highest BCUT2D eigenvalue weighted by Gasteiger charge is 2.06. The molecule has 2 N–H and O–H groups in total. The van der Waals surface area contributed by atoms with Gasteiger partial charge in [-0.25, -0.2) is 19.4 Å². The largest absolute Gasteiger partial charge is 0.439 e. The minimum atomic E-state index is -0.372. The number of hydrogen-bond donors (Lipinski definition) is 2. The zero-order chi connectivity index (χ0) is 20.9. The number of anilines is 2. The molecule has 0 saturated heterocycles. The van der Waals surface area contributed by atoms with Crippen LogP contribution in [0.1, 0.15) is 5.56 Å². The van der Waals surface area contributed by atoms with Crippen LogP contribution in [0.15, 0.2) is 73.3 Å². The highest BCUT2D eigenvalue weighted by Crippen LogP contribution is 2.23. The molecule has 150 valence electrons. The number of aryl methyl sites for hydroxylation is 1. The van der Waals surface area contributed by atoms with Crippen molar-refractivity contribution in [1.82, 2.24) is 19.7 Å². The molecule has 30 heavy (non-hydrogen) atoms. The summed E-state index contributed by atoms with van der Waals surface area (Å²) in [7, 11) is 0. The molecule has 0 bridgehead atoms. The third-order valence-corrected chi connectivity index (χ3v) is 4.54. The van der Waals surface area contributed by atoms with E-state index in [-0.39, 0.29) is 6.03 Å². The van der Waals surface area contributed by atoms with Crippen molar-refractivity contribution in [3.05, 3.63) is 83.9 Å². The normalized spacial score (nSPS) is 10.5. The van der Waals surface area contributed by atoms with Crippen molar-refractivity contribution in [3.63, 3.8) is 0 Å². The molecule has 0 unspecified atom stereocenters. The Hall–Kier alpha value is -3.91. The maximum absolute atomic E-state index is 12.2. The molecule has 0 fully saturated rings. The summed E-state index contributed by atoms with van der Waals surface area (Å²) in [5, 5.41) is 10.2. The zero-order valence-electron chi connectivity index (χ0n) is 15.9. The number of hydrogen-bond acceptors (Lipinski definition) is 5. The number of nitrogens with zero attached hydrogens (tertiary/aromatic N) is 4. The van der Waals surface area contributed by atoms with Crippen molar-refractivity contribution in [2.45, 2.75) is 6.92 Å². The summed E-state index contributed by atoms with van der Waals surface area (Å²) in [4.78, 5) is 20.5. The molecular formula is C21H17ClN6O2. The number of nitrogens with one attached hydrogen (secondary N) is 2. The van der Waals surface area contributed by atoms with Crippen molar-refractivity contribution in [2.75, 3.05) is 10.6 Å². The molecule has 9 heteroatoms. The lowest BCUT2D eigenvalue weighted by atomic mass is 10.2. The van der Waals surface area contributed by atoms with Gasteiger partial charge in [0.2, 0.25) is 5.88 Å². The Morgan fingerprint density at radius 3 is 2.53 bits per heavy atom. The number of amides is 2. The van der Waals surface area contributed by atoms with Crippen molar-refractivity contribution in [1.29, 1.82) is 0 Å².